The summed E-state index contributed by atoms with van der Waals surface area (Å²) in [4.78, 5) is 7.37. The van der Waals surface area contributed by atoms with Crippen molar-refractivity contribution in [3.63, 3.8) is 0 Å². The van der Waals surface area contributed by atoms with E-state index in [1.54, 1.807) is 0 Å². The highest BCUT2D eigenvalue weighted by Gasteiger charge is 2.18. The molecule has 0 atom stereocenters. The van der Waals surface area contributed by atoms with Crippen LogP contribution in [0.5, 0.6) is 0 Å². The third-order valence-electron chi connectivity index (χ3n) is 4.37. The van der Waals surface area contributed by atoms with Gasteiger partial charge in [-0.05, 0) is 55.9 Å². The van der Waals surface area contributed by atoms with Crippen molar-refractivity contribution in [3.8, 4) is 6.07 Å². The molecular formula is C18H21N3. The molecule has 108 valence electrons. The molecule has 0 bridgehead atoms. The highest BCUT2D eigenvalue weighted by Crippen LogP contribution is 2.30. The van der Waals surface area contributed by atoms with Crippen LogP contribution in [0.2, 0.25) is 0 Å². The fourth-order valence-corrected chi connectivity index (χ4v) is 3.14. The average Bonchev–Trinajstić information content (AvgIpc) is 3.02. The fourth-order valence-electron chi connectivity index (χ4n) is 3.14. The third kappa shape index (κ3) is 2.58. The molecule has 3 heteroatoms. The summed E-state index contributed by atoms with van der Waals surface area (Å²) in [7, 11) is 0. The van der Waals surface area contributed by atoms with E-state index in [9.17, 15) is 0 Å². The van der Waals surface area contributed by atoms with Crippen molar-refractivity contribution in [2.45, 2.75) is 39.5 Å². The van der Waals surface area contributed by atoms with Gasteiger partial charge in [0.05, 0.1) is 11.6 Å². The molecule has 0 radical (unpaired) electrons. The van der Waals surface area contributed by atoms with E-state index in [0.717, 1.165) is 30.8 Å². The molecule has 3 nitrogen and oxygen atoms in total. The monoisotopic (exact) mass is 279 g/mol. The van der Waals surface area contributed by atoms with Gasteiger partial charge in [0.15, 0.2) is 0 Å². The molecule has 1 aromatic heterocycles. The van der Waals surface area contributed by atoms with Crippen LogP contribution in [0.3, 0.4) is 0 Å². The van der Waals surface area contributed by atoms with Gasteiger partial charge in [0, 0.05) is 24.9 Å². The second-order valence-corrected chi connectivity index (χ2v) is 5.92. The van der Waals surface area contributed by atoms with Crippen LogP contribution in [-0.2, 0) is 6.42 Å². The van der Waals surface area contributed by atoms with Crippen LogP contribution >= 0.6 is 0 Å². The van der Waals surface area contributed by atoms with E-state index < -0.39 is 0 Å². The molecule has 0 spiro atoms. The molecule has 1 fully saturated rings. The van der Waals surface area contributed by atoms with Gasteiger partial charge in [-0.1, -0.05) is 12.1 Å². The van der Waals surface area contributed by atoms with E-state index >= 15 is 0 Å². The molecule has 1 aliphatic heterocycles. The van der Waals surface area contributed by atoms with E-state index in [0.29, 0.717) is 6.42 Å². The predicted octanol–water partition coefficient (Wildman–Crippen LogP) is 3.91. The highest BCUT2D eigenvalue weighted by molar-refractivity contribution is 5.87. The number of pyridine rings is 1. The molecule has 21 heavy (non-hydrogen) atoms. The van der Waals surface area contributed by atoms with Crippen LogP contribution in [0.1, 0.15) is 36.0 Å². The van der Waals surface area contributed by atoms with Crippen LogP contribution in [-0.4, -0.2) is 18.1 Å². The maximum absolute atomic E-state index is 8.91. The van der Waals surface area contributed by atoms with Gasteiger partial charge < -0.3 is 4.90 Å². The SMILES string of the molecule is Cc1ccc(C)c2nc(N3CCCC3)c(CCC#N)cc12. The Hall–Kier alpha value is -2.08. The lowest BCUT2D eigenvalue weighted by molar-refractivity contribution is 0.905. The van der Waals surface area contributed by atoms with E-state index in [2.05, 4.69) is 43.0 Å². The van der Waals surface area contributed by atoms with Gasteiger partial charge in [-0.15, -0.1) is 0 Å². The minimum atomic E-state index is 0.554. The van der Waals surface area contributed by atoms with Crippen molar-refractivity contribution >= 4 is 16.7 Å². The van der Waals surface area contributed by atoms with Crippen LogP contribution in [0.25, 0.3) is 10.9 Å². The molecule has 2 aromatic rings. The number of hydrogen-bond donors (Lipinski definition) is 0. The van der Waals surface area contributed by atoms with Gasteiger partial charge in [-0.25, -0.2) is 4.98 Å². The van der Waals surface area contributed by atoms with E-state index in [-0.39, 0.29) is 0 Å². The number of hydrogen-bond acceptors (Lipinski definition) is 3. The van der Waals surface area contributed by atoms with E-state index in [1.807, 2.05) is 0 Å². The lowest BCUT2D eigenvalue weighted by Crippen LogP contribution is -2.21. The second kappa shape index (κ2) is 5.73. The maximum Gasteiger partial charge on any atom is 0.132 e. The van der Waals surface area contributed by atoms with E-state index in [4.69, 9.17) is 10.2 Å². The quantitative estimate of drug-likeness (QED) is 0.855. The van der Waals surface area contributed by atoms with Gasteiger partial charge >= 0.3 is 0 Å². The molecule has 3 rings (SSSR count). The molecule has 0 amide bonds. The maximum atomic E-state index is 8.91. The number of anilines is 1. The molecular weight excluding hydrogens is 258 g/mol. The smallest absolute Gasteiger partial charge is 0.132 e. The Labute approximate surface area is 126 Å². The van der Waals surface area contributed by atoms with Gasteiger partial charge in [0.25, 0.3) is 0 Å². The second-order valence-electron chi connectivity index (χ2n) is 5.92. The number of rotatable bonds is 3. The zero-order chi connectivity index (χ0) is 14.8. The Balaban J connectivity index is 2.17. The summed E-state index contributed by atoms with van der Waals surface area (Å²) in [5.74, 6) is 1.10. The van der Waals surface area contributed by atoms with Crippen LogP contribution in [0.15, 0.2) is 18.2 Å². The summed E-state index contributed by atoms with van der Waals surface area (Å²) in [6.45, 7) is 6.43. The molecule has 0 unspecified atom stereocenters. The topological polar surface area (TPSA) is 39.9 Å². The summed E-state index contributed by atoms with van der Waals surface area (Å²) in [5, 5.41) is 10.1. The Morgan fingerprint density at radius 2 is 1.90 bits per heavy atom. The van der Waals surface area contributed by atoms with Crippen molar-refractivity contribution in [1.82, 2.24) is 4.98 Å². The average molecular weight is 279 g/mol. The van der Waals surface area contributed by atoms with Crippen molar-refractivity contribution in [2.75, 3.05) is 18.0 Å². The summed E-state index contributed by atoms with van der Waals surface area (Å²) < 4.78 is 0. The summed E-state index contributed by atoms with van der Waals surface area (Å²) in [6.07, 6.45) is 3.83. The number of benzene rings is 1. The number of nitriles is 1. The van der Waals surface area contributed by atoms with Crippen LogP contribution in [0.4, 0.5) is 5.82 Å². The summed E-state index contributed by atoms with van der Waals surface area (Å²) in [6, 6.07) is 8.82. The Kier molecular flexibility index (Phi) is 3.79. The van der Waals surface area contributed by atoms with Crippen LogP contribution < -0.4 is 4.90 Å². The lowest BCUT2D eigenvalue weighted by Gasteiger charge is -2.21. The Bertz CT molecular complexity index is 706. The lowest BCUT2D eigenvalue weighted by atomic mass is 10.0. The first-order valence-electron chi connectivity index (χ1n) is 7.72. The molecule has 1 aliphatic rings. The van der Waals surface area contributed by atoms with Gasteiger partial charge in [-0.3, -0.25) is 0 Å². The number of aromatic nitrogens is 1. The zero-order valence-corrected chi connectivity index (χ0v) is 12.8. The number of aryl methyl sites for hydroxylation is 3. The largest absolute Gasteiger partial charge is 0.356 e. The van der Waals surface area contributed by atoms with Gasteiger partial charge in [0.1, 0.15) is 5.82 Å². The van der Waals surface area contributed by atoms with Crippen molar-refractivity contribution in [2.24, 2.45) is 0 Å². The van der Waals surface area contributed by atoms with E-state index in [1.165, 1.54) is 34.9 Å². The fraction of sp³-hybridized carbons (Fsp3) is 0.444. The minimum absolute atomic E-state index is 0.554. The molecule has 0 N–H and O–H groups in total. The first-order valence-corrected chi connectivity index (χ1v) is 7.72. The number of fused-ring (bicyclic) bond motifs is 1. The summed E-state index contributed by atoms with van der Waals surface area (Å²) in [5.41, 5.74) is 4.81. The van der Waals surface area contributed by atoms with Crippen molar-refractivity contribution in [3.05, 3.63) is 34.9 Å². The summed E-state index contributed by atoms with van der Waals surface area (Å²) >= 11 is 0. The Morgan fingerprint density at radius 3 is 2.62 bits per heavy atom. The normalized spacial score (nSPS) is 14.6. The Morgan fingerprint density at radius 1 is 1.19 bits per heavy atom. The number of nitrogens with zero attached hydrogens (tertiary/aromatic N) is 3. The van der Waals surface area contributed by atoms with Gasteiger partial charge in [-0.2, -0.15) is 5.26 Å². The highest BCUT2D eigenvalue weighted by atomic mass is 15.2. The molecule has 0 saturated carbocycles. The first-order chi connectivity index (χ1) is 10.2. The predicted molar refractivity (Wildman–Crippen MR) is 86.6 cm³/mol. The standard InChI is InChI=1S/C18H21N3/c1-13-7-8-14(2)17-16(13)12-15(6-5-9-19)18(20-17)21-10-3-4-11-21/h7-8,12H,3-6,10-11H2,1-2H3. The minimum Gasteiger partial charge on any atom is -0.356 e. The van der Waals surface area contributed by atoms with Crippen molar-refractivity contribution < 1.29 is 0 Å². The molecule has 1 saturated heterocycles. The molecule has 1 aromatic carbocycles. The zero-order valence-electron chi connectivity index (χ0n) is 12.8. The van der Waals surface area contributed by atoms with Crippen molar-refractivity contribution in [1.29, 1.82) is 5.26 Å². The van der Waals surface area contributed by atoms with Gasteiger partial charge in [0.2, 0.25) is 0 Å². The third-order valence-corrected chi connectivity index (χ3v) is 4.37. The molecule has 0 aliphatic carbocycles. The van der Waals surface area contributed by atoms with Crippen LogP contribution in [0, 0.1) is 25.2 Å². The first kappa shape index (κ1) is 13.9. The molecule has 2 heterocycles.